The molecule has 18 heavy (non-hydrogen) atoms. The topological polar surface area (TPSA) is 17.1 Å². The molecule has 6 heteroatoms. The summed E-state index contributed by atoms with van der Waals surface area (Å²) in [7, 11) is -0.860. The van der Waals surface area contributed by atoms with Crippen LogP contribution in [-0.4, -0.2) is 20.3 Å². The Kier molecular flexibility index (Phi) is 4.37. The number of rotatable bonds is 2. The first-order chi connectivity index (χ1) is 8.47. The standard InChI is InChI=1S/C12H13F3OS2/c13-12(14,15)10-4-2-9(3-5-10)8-11-17-6-1-7-18(11)16/h2-5,11H,1,6-8H2. The molecule has 2 unspecified atom stereocenters. The van der Waals surface area contributed by atoms with Crippen molar-refractivity contribution < 1.29 is 17.4 Å². The van der Waals surface area contributed by atoms with Crippen LogP contribution in [0.5, 0.6) is 0 Å². The van der Waals surface area contributed by atoms with Crippen molar-refractivity contribution in [2.75, 3.05) is 11.5 Å². The summed E-state index contributed by atoms with van der Waals surface area (Å²) < 4.78 is 48.9. The summed E-state index contributed by atoms with van der Waals surface area (Å²) in [5.41, 5.74) is 0.180. The number of halogens is 3. The third-order valence-corrected chi connectivity index (χ3v) is 6.33. The van der Waals surface area contributed by atoms with E-state index in [2.05, 4.69) is 0 Å². The van der Waals surface area contributed by atoms with Crippen molar-refractivity contribution >= 4 is 22.6 Å². The van der Waals surface area contributed by atoms with Gasteiger partial charge in [0.15, 0.2) is 0 Å². The zero-order valence-electron chi connectivity index (χ0n) is 9.57. The molecule has 0 spiro atoms. The van der Waals surface area contributed by atoms with Crippen molar-refractivity contribution in [3.8, 4) is 0 Å². The monoisotopic (exact) mass is 294 g/mol. The Hall–Kier alpha value is -0.490. The molecule has 1 aromatic rings. The summed E-state index contributed by atoms with van der Waals surface area (Å²) in [6.45, 7) is 0. The first-order valence-electron chi connectivity index (χ1n) is 5.62. The minimum Gasteiger partial charge on any atom is -0.258 e. The Morgan fingerprint density at radius 2 is 1.94 bits per heavy atom. The van der Waals surface area contributed by atoms with Crippen LogP contribution in [0, 0.1) is 0 Å². The molecule has 1 nitrogen and oxygen atoms in total. The van der Waals surface area contributed by atoms with Crippen LogP contribution in [0.15, 0.2) is 24.3 Å². The molecule has 2 atom stereocenters. The van der Waals surface area contributed by atoms with E-state index in [1.165, 1.54) is 12.1 Å². The number of hydrogen-bond acceptors (Lipinski definition) is 2. The molecule has 0 aliphatic carbocycles. The van der Waals surface area contributed by atoms with Crippen molar-refractivity contribution in [1.82, 2.24) is 0 Å². The van der Waals surface area contributed by atoms with Gasteiger partial charge in [0.2, 0.25) is 0 Å². The molecule has 0 amide bonds. The summed E-state index contributed by atoms with van der Waals surface area (Å²) in [6, 6.07) is 5.14. The lowest BCUT2D eigenvalue weighted by atomic mass is 10.1. The van der Waals surface area contributed by atoms with E-state index in [9.17, 15) is 17.4 Å². The Labute approximate surface area is 111 Å². The molecule has 1 fully saturated rings. The Balaban J connectivity index is 2.04. The summed E-state index contributed by atoms with van der Waals surface area (Å²) in [5.74, 6) is 1.69. The van der Waals surface area contributed by atoms with Gasteiger partial charge in [-0.3, -0.25) is 4.21 Å². The SMILES string of the molecule is O=S1CCCSC1Cc1ccc(C(F)(F)F)cc1. The fraction of sp³-hybridized carbons (Fsp3) is 0.500. The molecule has 2 rings (SSSR count). The van der Waals surface area contributed by atoms with Gasteiger partial charge in [0.1, 0.15) is 0 Å². The van der Waals surface area contributed by atoms with Crippen LogP contribution in [0.1, 0.15) is 17.5 Å². The zero-order chi connectivity index (χ0) is 13.2. The van der Waals surface area contributed by atoms with Gasteiger partial charge in [-0.2, -0.15) is 13.2 Å². The van der Waals surface area contributed by atoms with E-state index >= 15 is 0 Å². The maximum atomic E-state index is 12.4. The molecule has 1 heterocycles. The molecule has 100 valence electrons. The van der Waals surface area contributed by atoms with Crippen molar-refractivity contribution in [3.05, 3.63) is 35.4 Å². The van der Waals surface area contributed by atoms with Crippen molar-refractivity contribution in [1.29, 1.82) is 0 Å². The van der Waals surface area contributed by atoms with E-state index in [0.717, 1.165) is 29.9 Å². The molecule has 1 aliphatic heterocycles. The van der Waals surface area contributed by atoms with Gasteiger partial charge in [-0.05, 0) is 36.3 Å². The highest BCUT2D eigenvalue weighted by atomic mass is 32.2. The quantitative estimate of drug-likeness (QED) is 0.831. The lowest BCUT2D eigenvalue weighted by molar-refractivity contribution is -0.137. The first-order valence-corrected chi connectivity index (χ1v) is 8.05. The third kappa shape index (κ3) is 3.51. The van der Waals surface area contributed by atoms with Gasteiger partial charge >= 0.3 is 6.18 Å². The van der Waals surface area contributed by atoms with Crippen LogP contribution in [0.2, 0.25) is 0 Å². The van der Waals surface area contributed by atoms with Crippen LogP contribution in [0.4, 0.5) is 13.2 Å². The van der Waals surface area contributed by atoms with E-state index < -0.39 is 22.5 Å². The average Bonchev–Trinajstić information content (AvgIpc) is 2.32. The van der Waals surface area contributed by atoms with Crippen LogP contribution >= 0.6 is 11.8 Å². The minimum absolute atomic E-state index is 0.0236. The van der Waals surface area contributed by atoms with Gasteiger partial charge < -0.3 is 0 Å². The highest BCUT2D eigenvalue weighted by Crippen LogP contribution is 2.30. The molecule has 0 N–H and O–H groups in total. The maximum absolute atomic E-state index is 12.4. The second kappa shape index (κ2) is 5.65. The van der Waals surface area contributed by atoms with Gasteiger partial charge in [0.25, 0.3) is 0 Å². The van der Waals surface area contributed by atoms with Crippen molar-refractivity contribution in [2.45, 2.75) is 23.6 Å². The zero-order valence-corrected chi connectivity index (χ0v) is 11.2. The minimum atomic E-state index is -4.29. The highest BCUT2D eigenvalue weighted by molar-refractivity contribution is 8.11. The van der Waals surface area contributed by atoms with Crippen LogP contribution in [0.3, 0.4) is 0 Å². The number of benzene rings is 1. The van der Waals surface area contributed by atoms with Crippen molar-refractivity contribution in [2.24, 2.45) is 0 Å². The first kappa shape index (κ1) is 13.9. The largest absolute Gasteiger partial charge is 0.416 e. The van der Waals surface area contributed by atoms with Crippen molar-refractivity contribution in [3.63, 3.8) is 0 Å². The Bertz CT molecular complexity index is 428. The van der Waals surface area contributed by atoms with E-state index in [0.29, 0.717) is 12.2 Å². The number of alkyl halides is 3. The predicted molar refractivity (Wildman–Crippen MR) is 69.0 cm³/mol. The second-order valence-electron chi connectivity index (χ2n) is 4.14. The molecule has 0 bridgehead atoms. The lowest BCUT2D eigenvalue weighted by Crippen LogP contribution is -2.22. The Morgan fingerprint density at radius 1 is 1.28 bits per heavy atom. The highest BCUT2D eigenvalue weighted by Gasteiger charge is 2.30. The predicted octanol–water partition coefficient (Wildman–Crippen LogP) is 3.46. The van der Waals surface area contributed by atoms with Crippen LogP contribution in [-0.2, 0) is 23.4 Å². The summed E-state index contributed by atoms with van der Waals surface area (Å²) >= 11 is 1.65. The van der Waals surface area contributed by atoms with E-state index in [1.807, 2.05) is 0 Å². The molecule has 0 radical (unpaired) electrons. The van der Waals surface area contributed by atoms with Crippen LogP contribution < -0.4 is 0 Å². The summed E-state index contributed by atoms with van der Waals surface area (Å²) in [6.07, 6.45) is -2.75. The summed E-state index contributed by atoms with van der Waals surface area (Å²) in [5, 5.41) is 0. The number of thioether (sulfide) groups is 1. The molecule has 0 saturated carbocycles. The van der Waals surface area contributed by atoms with E-state index in [1.54, 1.807) is 11.8 Å². The molecular weight excluding hydrogens is 281 g/mol. The lowest BCUT2D eigenvalue weighted by Gasteiger charge is -2.20. The molecule has 1 aliphatic rings. The maximum Gasteiger partial charge on any atom is 0.416 e. The normalized spacial score (nSPS) is 25.1. The van der Waals surface area contributed by atoms with Gasteiger partial charge in [-0.25, -0.2) is 0 Å². The molecule has 1 aromatic carbocycles. The van der Waals surface area contributed by atoms with Gasteiger partial charge in [-0.1, -0.05) is 12.1 Å². The fourth-order valence-electron chi connectivity index (χ4n) is 1.80. The fourth-order valence-corrected chi connectivity index (χ4v) is 5.12. The molecule has 0 aromatic heterocycles. The molecule has 1 saturated heterocycles. The van der Waals surface area contributed by atoms with E-state index in [-0.39, 0.29) is 4.58 Å². The van der Waals surface area contributed by atoms with Gasteiger partial charge in [0, 0.05) is 16.6 Å². The smallest absolute Gasteiger partial charge is 0.258 e. The summed E-state index contributed by atoms with van der Waals surface area (Å²) in [4.78, 5) is 0. The third-order valence-electron chi connectivity index (χ3n) is 2.77. The second-order valence-corrected chi connectivity index (χ2v) is 7.49. The Morgan fingerprint density at radius 3 is 2.50 bits per heavy atom. The molecular formula is C12H13F3OS2. The van der Waals surface area contributed by atoms with Gasteiger partial charge in [0.05, 0.1) is 10.1 Å². The number of hydrogen-bond donors (Lipinski definition) is 0. The van der Waals surface area contributed by atoms with Crippen LogP contribution in [0.25, 0.3) is 0 Å². The van der Waals surface area contributed by atoms with Gasteiger partial charge in [-0.15, -0.1) is 11.8 Å². The van der Waals surface area contributed by atoms with E-state index in [4.69, 9.17) is 0 Å². The average molecular weight is 294 g/mol.